The van der Waals surface area contributed by atoms with Crippen molar-refractivity contribution in [1.29, 1.82) is 0 Å². The van der Waals surface area contributed by atoms with E-state index >= 15 is 0 Å². The van der Waals surface area contributed by atoms with Gasteiger partial charge in [-0.25, -0.2) is 0 Å². The van der Waals surface area contributed by atoms with Crippen LogP contribution in [0.3, 0.4) is 0 Å². The molecule has 0 atom stereocenters. The fourth-order valence-corrected chi connectivity index (χ4v) is 2.41. The molecule has 0 aliphatic heterocycles. The molecule has 0 saturated heterocycles. The first-order valence-corrected chi connectivity index (χ1v) is 8.38. The smallest absolute Gasteiger partial charge is 0.274 e. The molecule has 6 heteroatoms. The second-order valence-electron chi connectivity index (χ2n) is 5.52. The lowest BCUT2D eigenvalue weighted by molar-refractivity contribution is 0.102. The van der Waals surface area contributed by atoms with Crippen LogP contribution in [0.1, 0.15) is 23.0 Å². The zero-order chi connectivity index (χ0) is 18.2. The van der Waals surface area contributed by atoms with Crippen molar-refractivity contribution in [2.45, 2.75) is 13.5 Å². The molecule has 132 valence electrons. The van der Waals surface area contributed by atoms with Crippen molar-refractivity contribution in [2.24, 2.45) is 0 Å². The number of pyridine rings is 2. The molecule has 6 nitrogen and oxygen atoms in total. The Balaban J connectivity index is 1.68. The van der Waals surface area contributed by atoms with Crippen LogP contribution in [0.5, 0.6) is 5.75 Å². The maximum Gasteiger partial charge on any atom is 0.274 e. The third-order valence-electron chi connectivity index (χ3n) is 3.67. The first-order chi connectivity index (χ1) is 12.8. The van der Waals surface area contributed by atoms with Gasteiger partial charge < -0.3 is 15.4 Å². The van der Waals surface area contributed by atoms with E-state index in [1.807, 2.05) is 43.3 Å². The average molecular weight is 348 g/mol. The number of para-hydroxylation sites is 2. The Morgan fingerprint density at radius 1 is 1.08 bits per heavy atom. The fourth-order valence-electron chi connectivity index (χ4n) is 2.41. The standard InChI is InChI=1S/C20H20N4O2/c1-2-26-19-6-4-3-5-17(19)24-20(25)18-13-16(9-12-22-18)23-14-15-7-10-21-11-8-15/h3-13H,2,14H2,1H3,(H,22,23)(H,24,25). The summed E-state index contributed by atoms with van der Waals surface area (Å²) < 4.78 is 5.53. The summed E-state index contributed by atoms with van der Waals surface area (Å²) in [7, 11) is 0. The summed E-state index contributed by atoms with van der Waals surface area (Å²) in [5.41, 5.74) is 2.88. The van der Waals surface area contributed by atoms with Crippen LogP contribution in [0.4, 0.5) is 11.4 Å². The zero-order valence-corrected chi connectivity index (χ0v) is 14.5. The van der Waals surface area contributed by atoms with Gasteiger partial charge in [0.25, 0.3) is 5.91 Å². The number of nitrogens with one attached hydrogen (secondary N) is 2. The molecule has 1 aromatic carbocycles. The second-order valence-corrected chi connectivity index (χ2v) is 5.52. The molecule has 2 N–H and O–H groups in total. The number of hydrogen-bond donors (Lipinski definition) is 2. The molecule has 3 aromatic rings. The molecule has 0 unspecified atom stereocenters. The molecule has 2 aromatic heterocycles. The number of amides is 1. The van der Waals surface area contributed by atoms with Crippen molar-refractivity contribution in [3.05, 3.63) is 78.4 Å². The number of aromatic nitrogens is 2. The van der Waals surface area contributed by atoms with Gasteiger partial charge in [0.05, 0.1) is 12.3 Å². The maximum absolute atomic E-state index is 12.5. The predicted octanol–water partition coefficient (Wildman–Crippen LogP) is 3.74. The van der Waals surface area contributed by atoms with Gasteiger partial charge in [0.2, 0.25) is 0 Å². The topological polar surface area (TPSA) is 76.1 Å². The minimum absolute atomic E-state index is 0.287. The Hall–Kier alpha value is -3.41. The molecule has 3 rings (SSSR count). The van der Waals surface area contributed by atoms with Crippen molar-refractivity contribution >= 4 is 17.3 Å². The highest BCUT2D eigenvalue weighted by Crippen LogP contribution is 2.24. The Morgan fingerprint density at radius 2 is 1.88 bits per heavy atom. The summed E-state index contributed by atoms with van der Waals surface area (Å²) in [6.45, 7) is 3.07. The van der Waals surface area contributed by atoms with E-state index in [1.54, 1.807) is 30.7 Å². The molecule has 1 amide bonds. The van der Waals surface area contributed by atoms with E-state index in [2.05, 4.69) is 20.6 Å². The summed E-state index contributed by atoms with van der Waals surface area (Å²) in [4.78, 5) is 20.7. The molecular formula is C20H20N4O2. The van der Waals surface area contributed by atoms with Gasteiger partial charge >= 0.3 is 0 Å². The van der Waals surface area contributed by atoms with E-state index < -0.39 is 0 Å². The molecule has 0 fully saturated rings. The molecule has 26 heavy (non-hydrogen) atoms. The first kappa shape index (κ1) is 17.4. The number of carbonyl (C=O) groups excluding carboxylic acids is 1. The van der Waals surface area contributed by atoms with E-state index in [0.29, 0.717) is 30.3 Å². The minimum atomic E-state index is -0.287. The monoisotopic (exact) mass is 348 g/mol. The second kappa shape index (κ2) is 8.62. The maximum atomic E-state index is 12.5. The lowest BCUT2D eigenvalue weighted by Crippen LogP contribution is -2.15. The highest BCUT2D eigenvalue weighted by Gasteiger charge is 2.11. The molecule has 0 bridgehead atoms. The van der Waals surface area contributed by atoms with E-state index in [9.17, 15) is 4.79 Å². The lowest BCUT2D eigenvalue weighted by atomic mass is 10.2. The van der Waals surface area contributed by atoms with Crippen LogP contribution < -0.4 is 15.4 Å². The number of anilines is 2. The molecule has 2 heterocycles. The number of hydrogen-bond acceptors (Lipinski definition) is 5. The van der Waals surface area contributed by atoms with Gasteiger partial charge in [-0.2, -0.15) is 0 Å². The van der Waals surface area contributed by atoms with Gasteiger partial charge in [-0.3, -0.25) is 14.8 Å². The quantitative estimate of drug-likeness (QED) is 0.680. The van der Waals surface area contributed by atoms with Crippen LogP contribution in [-0.2, 0) is 6.54 Å². The van der Waals surface area contributed by atoms with Crippen LogP contribution in [0.25, 0.3) is 0 Å². The van der Waals surface area contributed by atoms with Gasteiger partial charge in [-0.05, 0) is 48.9 Å². The largest absolute Gasteiger partial charge is 0.492 e. The molecular weight excluding hydrogens is 328 g/mol. The predicted molar refractivity (Wildman–Crippen MR) is 101 cm³/mol. The third-order valence-corrected chi connectivity index (χ3v) is 3.67. The Kier molecular flexibility index (Phi) is 5.77. The Labute approximate surface area is 152 Å². The minimum Gasteiger partial charge on any atom is -0.492 e. The van der Waals surface area contributed by atoms with Crippen molar-refractivity contribution in [3.63, 3.8) is 0 Å². The summed E-state index contributed by atoms with van der Waals surface area (Å²) in [6.07, 6.45) is 5.11. The number of nitrogens with zero attached hydrogens (tertiary/aromatic N) is 2. The highest BCUT2D eigenvalue weighted by molar-refractivity contribution is 6.04. The van der Waals surface area contributed by atoms with Gasteiger partial charge in [0.1, 0.15) is 11.4 Å². The number of rotatable bonds is 7. The van der Waals surface area contributed by atoms with E-state index in [0.717, 1.165) is 11.3 Å². The number of ether oxygens (including phenoxy) is 1. The molecule has 0 saturated carbocycles. The van der Waals surface area contributed by atoms with Crippen LogP contribution >= 0.6 is 0 Å². The molecule has 0 aliphatic carbocycles. The van der Waals surface area contributed by atoms with Crippen molar-refractivity contribution in [2.75, 3.05) is 17.2 Å². The van der Waals surface area contributed by atoms with E-state index in [4.69, 9.17) is 4.74 Å². The lowest BCUT2D eigenvalue weighted by Gasteiger charge is -2.11. The summed E-state index contributed by atoms with van der Waals surface area (Å²) in [6, 6.07) is 14.7. The normalized spacial score (nSPS) is 10.2. The molecule has 0 aliphatic rings. The van der Waals surface area contributed by atoms with Crippen LogP contribution in [0.2, 0.25) is 0 Å². The third kappa shape index (κ3) is 4.57. The number of benzene rings is 1. The zero-order valence-electron chi connectivity index (χ0n) is 14.5. The van der Waals surface area contributed by atoms with E-state index in [1.165, 1.54) is 0 Å². The Bertz CT molecular complexity index is 868. The fraction of sp³-hybridized carbons (Fsp3) is 0.150. The highest BCUT2D eigenvalue weighted by atomic mass is 16.5. The summed E-state index contributed by atoms with van der Waals surface area (Å²) in [5, 5.41) is 6.13. The van der Waals surface area contributed by atoms with Crippen molar-refractivity contribution < 1.29 is 9.53 Å². The van der Waals surface area contributed by atoms with Crippen LogP contribution in [-0.4, -0.2) is 22.5 Å². The summed E-state index contributed by atoms with van der Waals surface area (Å²) in [5.74, 6) is 0.347. The summed E-state index contributed by atoms with van der Waals surface area (Å²) >= 11 is 0. The Morgan fingerprint density at radius 3 is 2.69 bits per heavy atom. The average Bonchev–Trinajstić information content (AvgIpc) is 2.69. The van der Waals surface area contributed by atoms with E-state index in [-0.39, 0.29) is 5.91 Å². The van der Waals surface area contributed by atoms with Gasteiger partial charge in [0, 0.05) is 30.8 Å². The van der Waals surface area contributed by atoms with Gasteiger partial charge in [-0.15, -0.1) is 0 Å². The molecule has 0 radical (unpaired) electrons. The first-order valence-electron chi connectivity index (χ1n) is 8.38. The van der Waals surface area contributed by atoms with Crippen molar-refractivity contribution in [3.8, 4) is 5.75 Å². The number of carbonyl (C=O) groups is 1. The molecule has 0 spiro atoms. The SMILES string of the molecule is CCOc1ccccc1NC(=O)c1cc(NCc2ccncc2)ccn1. The van der Waals surface area contributed by atoms with Crippen LogP contribution in [0, 0.1) is 0 Å². The van der Waals surface area contributed by atoms with Gasteiger partial charge in [0.15, 0.2) is 0 Å². The van der Waals surface area contributed by atoms with Crippen molar-refractivity contribution in [1.82, 2.24) is 9.97 Å². The van der Waals surface area contributed by atoms with Crippen LogP contribution in [0.15, 0.2) is 67.1 Å². The van der Waals surface area contributed by atoms with Gasteiger partial charge in [-0.1, -0.05) is 12.1 Å².